The minimum atomic E-state index is -4.68. The smallest absolute Gasteiger partial charge is 0.416 e. The van der Waals surface area contributed by atoms with Gasteiger partial charge >= 0.3 is 12.1 Å². The molecule has 0 amide bonds. The van der Waals surface area contributed by atoms with Crippen molar-refractivity contribution in [2.24, 2.45) is 0 Å². The van der Waals surface area contributed by atoms with Gasteiger partial charge in [-0.2, -0.15) is 13.2 Å². The molecule has 1 aromatic carbocycles. The highest BCUT2D eigenvalue weighted by Gasteiger charge is 2.31. The molecule has 0 aromatic heterocycles. The molecule has 0 aliphatic rings. The maximum atomic E-state index is 13.3. The maximum Gasteiger partial charge on any atom is 0.416 e. The highest BCUT2D eigenvalue weighted by Crippen LogP contribution is 2.33. The van der Waals surface area contributed by atoms with Gasteiger partial charge in [0.25, 0.3) is 0 Å². The zero-order valence-electron chi connectivity index (χ0n) is 8.05. The highest BCUT2D eigenvalue weighted by molar-refractivity contribution is 6.31. The van der Waals surface area contributed by atoms with E-state index in [2.05, 4.69) is 0 Å². The number of alkyl halides is 3. The molecule has 0 aliphatic carbocycles. The van der Waals surface area contributed by atoms with Gasteiger partial charge < -0.3 is 5.11 Å². The fourth-order valence-corrected chi connectivity index (χ4v) is 1.28. The Morgan fingerprint density at radius 3 is 2.41 bits per heavy atom. The Hall–Kier alpha value is -1.56. The van der Waals surface area contributed by atoms with Crippen molar-refractivity contribution in [1.29, 1.82) is 0 Å². The Morgan fingerprint density at radius 1 is 1.35 bits per heavy atom. The van der Waals surface area contributed by atoms with E-state index in [1.807, 2.05) is 0 Å². The van der Waals surface area contributed by atoms with E-state index in [-0.39, 0.29) is 0 Å². The lowest BCUT2D eigenvalue weighted by atomic mass is 10.1. The average molecular weight is 269 g/mol. The lowest BCUT2D eigenvalue weighted by molar-refractivity contribution is -0.137. The third kappa shape index (κ3) is 3.45. The minimum Gasteiger partial charge on any atom is -0.478 e. The van der Waals surface area contributed by atoms with E-state index < -0.39 is 34.1 Å². The zero-order chi connectivity index (χ0) is 13.2. The van der Waals surface area contributed by atoms with E-state index in [9.17, 15) is 22.4 Å². The molecule has 0 saturated heterocycles. The van der Waals surface area contributed by atoms with Crippen LogP contribution in [-0.2, 0) is 11.0 Å². The Labute approximate surface area is 98.1 Å². The molecule has 2 nitrogen and oxygen atoms in total. The summed E-state index contributed by atoms with van der Waals surface area (Å²) in [6.45, 7) is 0. The van der Waals surface area contributed by atoms with Gasteiger partial charge in [-0.05, 0) is 18.2 Å². The molecule has 0 aliphatic heterocycles. The molecule has 0 atom stereocenters. The van der Waals surface area contributed by atoms with Crippen LogP contribution in [0.3, 0.4) is 0 Å². The molecule has 17 heavy (non-hydrogen) atoms. The normalized spacial score (nSPS) is 12.1. The number of benzene rings is 1. The van der Waals surface area contributed by atoms with Crippen LogP contribution in [-0.4, -0.2) is 11.1 Å². The molecular weight excluding hydrogens is 264 g/mol. The third-order valence-electron chi connectivity index (χ3n) is 1.79. The van der Waals surface area contributed by atoms with Crippen molar-refractivity contribution in [3.05, 3.63) is 40.2 Å². The monoisotopic (exact) mass is 268 g/mol. The van der Waals surface area contributed by atoms with Gasteiger partial charge in [-0.3, -0.25) is 0 Å². The first-order valence-corrected chi connectivity index (χ1v) is 4.57. The van der Waals surface area contributed by atoms with Gasteiger partial charge in [0, 0.05) is 11.6 Å². The molecule has 1 rings (SSSR count). The van der Waals surface area contributed by atoms with Crippen molar-refractivity contribution in [3.8, 4) is 0 Å². The van der Waals surface area contributed by atoms with Crippen LogP contribution in [0.2, 0.25) is 5.02 Å². The topological polar surface area (TPSA) is 37.3 Å². The minimum absolute atomic E-state index is 0.439. The quantitative estimate of drug-likeness (QED) is 0.657. The first-order chi connectivity index (χ1) is 7.71. The van der Waals surface area contributed by atoms with Gasteiger partial charge in [-0.1, -0.05) is 11.6 Å². The van der Waals surface area contributed by atoms with E-state index >= 15 is 0 Å². The van der Waals surface area contributed by atoms with Crippen LogP contribution >= 0.6 is 11.6 Å². The number of rotatable bonds is 2. The number of carboxylic acids is 1. The number of hydrogen-bond donors (Lipinski definition) is 1. The fourth-order valence-electron chi connectivity index (χ4n) is 1.06. The summed E-state index contributed by atoms with van der Waals surface area (Å²) >= 11 is 5.28. The van der Waals surface area contributed by atoms with Crippen LogP contribution < -0.4 is 0 Å². The second-order valence-electron chi connectivity index (χ2n) is 3.03. The van der Waals surface area contributed by atoms with Crippen LogP contribution in [0.25, 0.3) is 6.08 Å². The summed E-state index contributed by atoms with van der Waals surface area (Å²) in [7, 11) is 0. The van der Waals surface area contributed by atoms with E-state index in [1.165, 1.54) is 0 Å². The molecule has 0 heterocycles. The summed E-state index contributed by atoms with van der Waals surface area (Å²) in [5.41, 5.74) is -1.68. The second-order valence-corrected chi connectivity index (χ2v) is 3.44. The molecule has 7 heteroatoms. The van der Waals surface area contributed by atoms with Crippen LogP contribution in [0.1, 0.15) is 11.1 Å². The predicted molar refractivity (Wildman–Crippen MR) is 53.1 cm³/mol. The van der Waals surface area contributed by atoms with E-state index in [1.54, 1.807) is 0 Å². The molecule has 0 fully saturated rings. The van der Waals surface area contributed by atoms with Crippen molar-refractivity contribution in [2.75, 3.05) is 0 Å². The lowest BCUT2D eigenvalue weighted by Gasteiger charge is -2.09. The van der Waals surface area contributed by atoms with Crippen molar-refractivity contribution in [2.45, 2.75) is 6.18 Å². The number of hydrogen-bond acceptors (Lipinski definition) is 1. The van der Waals surface area contributed by atoms with Gasteiger partial charge in [-0.25, -0.2) is 9.18 Å². The van der Waals surface area contributed by atoms with Crippen LogP contribution in [0.4, 0.5) is 17.6 Å². The van der Waals surface area contributed by atoms with Crippen molar-refractivity contribution < 1.29 is 27.5 Å². The maximum absolute atomic E-state index is 13.3. The van der Waals surface area contributed by atoms with Crippen molar-refractivity contribution in [1.82, 2.24) is 0 Å². The van der Waals surface area contributed by atoms with Crippen LogP contribution in [0, 0.1) is 5.82 Å². The molecule has 0 saturated carbocycles. The van der Waals surface area contributed by atoms with E-state index in [0.717, 1.165) is 0 Å². The van der Waals surface area contributed by atoms with Crippen molar-refractivity contribution >= 4 is 23.6 Å². The number of carboxylic acid groups (broad SMARTS) is 1. The Bertz CT molecular complexity index is 480. The molecular formula is C10H5ClF4O2. The van der Waals surface area contributed by atoms with E-state index in [0.29, 0.717) is 24.3 Å². The fraction of sp³-hybridized carbons (Fsp3) is 0.100. The molecule has 92 valence electrons. The molecule has 0 spiro atoms. The van der Waals surface area contributed by atoms with E-state index in [4.69, 9.17) is 16.7 Å². The van der Waals surface area contributed by atoms with Gasteiger partial charge in [0.15, 0.2) is 0 Å². The summed E-state index contributed by atoms with van der Waals surface area (Å²) in [5, 5.41) is 7.58. The largest absolute Gasteiger partial charge is 0.478 e. The second kappa shape index (κ2) is 4.75. The molecule has 1 N–H and O–H groups in total. The molecule has 1 aromatic rings. The SMILES string of the molecule is O=C(O)/C=C\c1cc(C(F)(F)F)cc(Cl)c1F. The Morgan fingerprint density at radius 2 is 1.94 bits per heavy atom. The Balaban J connectivity index is 3.30. The summed E-state index contributed by atoms with van der Waals surface area (Å²) in [5.74, 6) is -2.50. The molecule has 0 unspecified atom stereocenters. The first kappa shape index (κ1) is 13.5. The van der Waals surface area contributed by atoms with Crippen LogP contribution in [0.5, 0.6) is 0 Å². The van der Waals surface area contributed by atoms with Gasteiger partial charge in [0.05, 0.1) is 10.6 Å². The summed E-state index contributed by atoms with van der Waals surface area (Å²) in [6.07, 6.45) is -3.45. The van der Waals surface area contributed by atoms with Gasteiger partial charge in [-0.15, -0.1) is 0 Å². The first-order valence-electron chi connectivity index (χ1n) is 4.19. The standard InChI is InChI=1S/C10H5ClF4O2/c11-7-4-6(10(13,14)15)3-5(9(7)12)1-2-8(16)17/h1-4H,(H,16,17)/b2-1-. The zero-order valence-corrected chi connectivity index (χ0v) is 8.81. The summed E-state index contributed by atoms with van der Waals surface area (Å²) in [6, 6.07) is 0.926. The predicted octanol–water partition coefficient (Wildman–Crippen LogP) is 3.60. The van der Waals surface area contributed by atoms with Gasteiger partial charge in [0.1, 0.15) is 5.82 Å². The molecule has 0 radical (unpaired) electrons. The molecule has 0 bridgehead atoms. The van der Waals surface area contributed by atoms with Gasteiger partial charge in [0.2, 0.25) is 0 Å². The summed E-state index contributed by atoms with van der Waals surface area (Å²) < 4.78 is 50.3. The number of aliphatic carboxylic acids is 1. The highest BCUT2D eigenvalue weighted by atomic mass is 35.5. The van der Waals surface area contributed by atoms with Crippen LogP contribution in [0.15, 0.2) is 18.2 Å². The number of halogens is 5. The lowest BCUT2D eigenvalue weighted by Crippen LogP contribution is -2.06. The average Bonchev–Trinajstić information content (AvgIpc) is 2.18. The summed E-state index contributed by atoms with van der Waals surface area (Å²) in [4.78, 5) is 10.2. The number of carbonyl (C=O) groups is 1. The van der Waals surface area contributed by atoms with Crippen molar-refractivity contribution in [3.63, 3.8) is 0 Å². The third-order valence-corrected chi connectivity index (χ3v) is 2.06. The Kier molecular flexibility index (Phi) is 3.77.